The molecule has 0 aromatic rings. The van der Waals surface area contributed by atoms with Crippen molar-refractivity contribution in [3.8, 4) is 0 Å². The van der Waals surface area contributed by atoms with Crippen molar-refractivity contribution in [2.75, 3.05) is 11.0 Å². The van der Waals surface area contributed by atoms with Crippen LogP contribution in [0, 0.1) is 11.8 Å². The van der Waals surface area contributed by atoms with E-state index in [0.29, 0.717) is 11.8 Å². The molecule has 1 fully saturated rings. The number of nitrogens with one attached hydrogen (secondary N) is 1. The second-order valence-electron chi connectivity index (χ2n) is 4.98. The molecule has 1 aliphatic heterocycles. The topological polar surface area (TPSA) is 64.6 Å². The lowest BCUT2D eigenvalue weighted by molar-refractivity contribution is -0.128. The maximum absolute atomic E-state index is 11.8. The fraction of sp³-hybridized carbons (Fsp3) is 0.833. The Bertz CT molecular complexity index is 308. The molecule has 0 aromatic heterocycles. The molecule has 1 amide bonds. The predicted molar refractivity (Wildman–Crippen MR) is 75.7 cm³/mol. The number of carbonyl (C=O) groups excluding carboxylic acids is 2. The SMILES string of the molecule is CC(C)C(C)CC(CI)NC(=O)C1COC(=O)O1. The minimum atomic E-state index is -0.794. The van der Waals surface area contributed by atoms with Crippen LogP contribution in [0.2, 0.25) is 0 Å². The Morgan fingerprint density at radius 3 is 2.61 bits per heavy atom. The zero-order valence-corrected chi connectivity index (χ0v) is 13.1. The summed E-state index contributed by atoms with van der Waals surface area (Å²) in [7, 11) is 0. The molecule has 18 heavy (non-hydrogen) atoms. The molecule has 0 radical (unpaired) electrons. The fourth-order valence-corrected chi connectivity index (χ4v) is 2.21. The molecule has 3 atom stereocenters. The van der Waals surface area contributed by atoms with Crippen LogP contribution in [0.25, 0.3) is 0 Å². The highest BCUT2D eigenvalue weighted by Gasteiger charge is 2.32. The molecular formula is C12H20INO4. The number of cyclic esters (lactones) is 2. The molecule has 0 bridgehead atoms. The van der Waals surface area contributed by atoms with E-state index in [1.54, 1.807) is 0 Å². The van der Waals surface area contributed by atoms with Crippen molar-refractivity contribution in [1.82, 2.24) is 5.32 Å². The van der Waals surface area contributed by atoms with Crippen LogP contribution in [0.15, 0.2) is 0 Å². The van der Waals surface area contributed by atoms with Crippen LogP contribution in [-0.2, 0) is 14.3 Å². The quantitative estimate of drug-likeness (QED) is 0.443. The summed E-state index contributed by atoms with van der Waals surface area (Å²) in [4.78, 5) is 22.6. The Kier molecular flexibility index (Phi) is 6.17. The van der Waals surface area contributed by atoms with Crippen LogP contribution in [0.1, 0.15) is 27.2 Å². The highest BCUT2D eigenvalue weighted by atomic mass is 127. The third kappa shape index (κ3) is 4.62. The smallest absolute Gasteiger partial charge is 0.430 e. The van der Waals surface area contributed by atoms with Crippen molar-refractivity contribution in [3.05, 3.63) is 0 Å². The normalized spacial score (nSPS) is 22.3. The first-order chi connectivity index (χ1) is 8.43. The molecule has 0 spiro atoms. The zero-order chi connectivity index (χ0) is 13.7. The van der Waals surface area contributed by atoms with Gasteiger partial charge in [-0.15, -0.1) is 0 Å². The van der Waals surface area contributed by atoms with E-state index in [-0.39, 0.29) is 18.6 Å². The number of hydrogen-bond acceptors (Lipinski definition) is 4. The van der Waals surface area contributed by atoms with E-state index < -0.39 is 12.3 Å². The molecule has 1 heterocycles. The lowest BCUT2D eigenvalue weighted by Crippen LogP contribution is -2.44. The van der Waals surface area contributed by atoms with Gasteiger partial charge in [0, 0.05) is 10.5 Å². The van der Waals surface area contributed by atoms with E-state index in [1.165, 1.54) is 0 Å². The molecule has 1 aliphatic rings. The summed E-state index contributed by atoms with van der Waals surface area (Å²) >= 11 is 2.25. The van der Waals surface area contributed by atoms with E-state index in [2.05, 4.69) is 53.4 Å². The number of alkyl halides is 1. The van der Waals surface area contributed by atoms with Gasteiger partial charge in [-0.25, -0.2) is 4.79 Å². The minimum Gasteiger partial charge on any atom is -0.430 e. The number of amides is 1. The van der Waals surface area contributed by atoms with Crippen LogP contribution >= 0.6 is 22.6 Å². The van der Waals surface area contributed by atoms with Crippen LogP contribution in [0.3, 0.4) is 0 Å². The number of rotatable bonds is 6. The monoisotopic (exact) mass is 369 g/mol. The second kappa shape index (κ2) is 7.16. The van der Waals surface area contributed by atoms with Crippen molar-refractivity contribution in [2.24, 2.45) is 11.8 Å². The Morgan fingerprint density at radius 2 is 2.17 bits per heavy atom. The lowest BCUT2D eigenvalue weighted by atomic mass is 9.91. The van der Waals surface area contributed by atoms with Crippen LogP contribution in [0.5, 0.6) is 0 Å². The van der Waals surface area contributed by atoms with E-state index >= 15 is 0 Å². The third-order valence-electron chi connectivity index (χ3n) is 3.21. The van der Waals surface area contributed by atoms with E-state index in [1.807, 2.05) is 0 Å². The average molecular weight is 369 g/mol. The number of carbonyl (C=O) groups is 2. The van der Waals surface area contributed by atoms with Crippen molar-refractivity contribution in [1.29, 1.82) is 0 Å². The third-order valence-corrected chi connectivity index (χ3v) is 4.27. The molecule has 5 nitrogen and oxygen atoms in total. The highest BCUT2D eigenvalue weighted by molar-refractivity contribution is 14.1. The molecule has 6 heteroatoms. The molecule has 3 unspecified atom stereocenters. The molecule has 1 saturated heterocycles. The molecule has 0 saturated carbocycles. The first-order valence-electron chi connectivity index (χ1n) is 6.13. The maximum atomic E-state index is 11.8. The van der Waals surface area contributed by atoms with Crippen LogP contribution < -0.4 is 5.32 Å². The standard InChI is InChI=1S/C12H20INO4/c1-7(2)8(3)4-9(5-13)14-11(15)10-6-17-12(16)18-10/h7-10H,4-6H2,1-3H3,(H,14,15). The van der Waals surface area contributed by atoms with E-state index in [4.69, 9.17) is 4.74 Å². The van der Waals surface area contributed by atoms with Gasteiger partial charge >= 0.3 is 6.16 Å². The van der Waals surface area contributed by atoms with Crippen molar-refractivity contribution in [2.45, 2.75) is 39.3 Å². The van der Waals surface area contributed by atoms with Crippen molar-refractivity contribution in [3.63, 3.8) is 0 Å². The molecular weight excluding hydrogens is 349 g/mol. The predicted octanol–water partition coefficient (Wildman–Crippen LogP) is 2.12. The van der Waals surface area contributed by atoms with Crippen molar-refractivity contribution >= 4 is 34.7 Å². The van der Waals surface area contributed by atoms with Gasteiger partial charge in [-0.05, 0) is 18.3 Å². The van der Waals surface area contributed by atoms with Gasteiger partial charge in [-0.1, -0.05) is 43.4 Å². The van der Waals surface area contributed by atoms with Gasteiger partial charge in [0.05, 0.1) is 0 Å². The van der Waals surface area contributed by atoms with E-state index in [9.17, 15) is 9.59 Å². The lowest BCUT2D eigenvalue weighted by Gasteiger charge is -2.23. The minimum absolute atomic E-state index is 0.0123. The highest BCUT2D eigenvalue weighted by Crippen LogP contribution is 2.17. The molecule has 0 aliphatic carbocycles. The molecule has 104 valence electrons. The second-order valence-corrected chi connectivity index (χ2v) is 5.87. The number of ether oxygens (including phenoxy) is 2. The van der Waals surface area contributed by atoms with Crippen LogP contribution in [-0.4, -0.2) is 35.2 Å². The van der Waals surface area contributed by atoms with Gasteiger partial charge in [-0.2, -0.15) is 0 Å². The summed E-state index contributed by atoms with van der Waals surface area (Å²) in [6.45, 7) is 6.53. The first kappa shape index (κ1) is 15.5. The summed E-state index contributed by atoms with van der Waals surface area (Å²) < 4.78 is 10.2. The Hall–Kier alpha value is -0.530. The summed E-state index contributed by atoms with van der Waals surface area (Å²) in [6.07, 6.45) is -0.637. The van der Waals surface area contributed by atoms with Gasteiger partial charge in [0.2, 0.25) is 6.10 Å². The Balaban J connectivity index is 2.42. The Morgan fingerprint density at radius 1 is 1.50 bits per heavy atom. The summed E-state index contributed by atoms with van der Waals surface area (Å²) in [5, 5.41) is 2.91. The molecule has 1 N–H and O–H groups in total. The number of hydrogen-bond donors (Lipinski definition) is 1. The molecule has 0 aromatic carbocycles. The largest absolute Gasteiger partial charge is 0.509 e. The summed E-state index contributed by atoms with van der Waals surface area (Å²) in [6, 6.07) is 0.106. The zero-order valence-electron chi connectivity index (χ0n) is 10.9. The van der Waals surface area contributed by atoms with Gasteiger partial charge in [-0.3, -0.25) is 4.79 Å². The maximum Gasteiger partial charge on any atom is 0.509 e. The van der Waals surface area contributed by atoms with Gasteiger partial charge in [0.15, 0.2) is 0 Å². The van der Waals surface area contributed by atoms with Gasteiger partial charge < -0.3 is 14.8 Å². The Labute approximate surface area is 121 Å². The van der Waals surface area contributed by atoms with Gasteiger partial charge in [0.1, 0.15) is 6.61 Å². The van der Waals surface area contributed by atoms with Crippen molar-refractivity contribution < 1.29 is 19.1 Å². The molecule has 1 rings (SSSR count). The summed E-state index contributed by atoms with van der Waals surface area (Å²) in [5.74, 6) is 0.853. The average Bonchev–Trinajstić information content (AvgIpc) is 2.74. The summed E-state index contributed by atoms with van der Waals surface area (Å²) in [5.41, 5.74) is 0. The number of halogens is 1. The first-order valence-corrected chi connectivity index (χ1v) is 7.66. The van der Waals surface area contributed by atoms with Gasteiger partial charge in [0.25, 0.3) is 5.91 Å². The van der Waals surface area contributed by atoms with E-state index in [0.717, 1.165) is 10.8 Å². The fourth-order valence-electron chi connectivity index (χ4n) is 1.63. The van der Waals surface area contributed by atoms with Crippen LogP contribution in [0.4, 0.5) is 4.79 Å².